The molecule has 0 bridgehead atoms. The summed E-state index contributed by atoms with van der Waals surface area (Å²) in [6, 6.07) is 13.4. The SMILES string of the molecule is O=C1[C@H]2CC=CC[C@H]2C(=O)N1c1ccc(-c2ccc([N+](=O)[O-])cc2)cc1. The lowest BCUT2D eigenvalue weighted by Crippen LogP contribution is -2.30. The van der Waals surface area contributed by atoms with Crippen molar-refractivity contribution < 1.29 is 14.5 Å². The first kappa shape index (κ1) is 16.2. The van der Waals surface area contributed by atoms with Crippen molar-refractivity contribution in [3.63, 3.8) is 0 Å². The van der Waals surface area contributed by atoms with Crippen LogP contribution in [0.4, 0.5) is 11.4 Å². The average Bonchev–Trinajstić information content (AvgIpc) is 2.93. The molecule has 0 N–H and O–H groups in total. The Morgan fingerprint density at radius 2 is 1.27 bits per heavy atom. The number of benzene rings is 2. The number of imide groups is 1. The third kappa shape index (κ3) is 2.60. The van der Waals surface area contributed by atoms with Crippen molar-refractivity contribution in [2.24, 2.45) is 11.8 Å². The highest BCUT2D eigenvalue weighted by Gasteiger charge is 2.47. The Bertz CT molecular complexity index is 890. The van der Waals surface area contributed by atoms with Crippen molar-refractivity contribution in [3.05, 3.63) is 70.8 Å². The highest BCUT2D eigenvalue weighted by molar-refractivity contribution is 6.22. The van der Waals surface area contributed by atoms with Crippen molar-refractivity contribution in [3.8, 4) is 11.1 Å². The van der Waals surface area contributed by atoms with Gasteiger partial charge in [-0.05, 0) is 48.2 Å². The number of hydrogen-bond donors (Lipinski definition) is 0. The number of amides is 2. The van der Waals surface area contributed by atoms with E-state index in [4.69, 9.17) is 0 Å². The number of allylic oxidation sites excluding steroid dienone is 2. The maximum atomic E-state index is 12.6. The standard InChI is InChI=1S/C20H16N2O4/c23-19-17-3-1-2-4-18(17)20(24)21(19)15-9-5-13(6-10-15)14-7-11-16(12-8-14)22(25)26/h1-2,5-12,17-18H,3-4H2/t17-,18+. The van der Waals surface area contributed by atoms with E-state index in [0.717, 1.165) is 11.1 Å². The molecule has 0 radical (unpaired) electrons. The van der Waals surface area contributed by atoms with Gasteiger partial charge in [0.2, 0.25) is 11.8 Å². The van der Waals surface area contributed by atoms with Crippen LogP contribution in [-0.4, -0.2) is 16.7 Å². The van der Waals surface area contributed by atoms with E-state index < -0.39 is 4.92 Å². The molecule has 6 heteroatoms. The summed E-state index contributed by atoms with van der Waals surface area (Å²) in [6.07, 6.45) is 5.17. The van der Waals surface area contributed by atoms with Crippen LogP contribution in [0.2, 0.25) is 0 Å². The van der Waals surface area contributed by atoms with Gasteiger partial charge in [-0.15, -0.1) is 0 Å². The summed E-state index contributed by atoms with van der Waals surface area (Å²) in [5, 5.41) is 10.7. The zero-order valence-corrected chi connectivity index (χ0v) is 13.9. The van der Waals surface area contributed by atoms with Crippen molar-refractivity contribution >= 4 is 23.2 Å². The number of anilines is 1. The molecule has 0 aromatic heterocycles. The fourth-order valence-corrected chi connectivity index (χ4v) is 3.63. The average molecular weight is 348 g/mol. The van der Waals surface area contributed by atoms with E-state index in [0.29, 0.717) is 18.5 Å². The van der Waals surface area contributed by atoms with Crippen molar-refractivity contribution in [1.82, 2.24) is 0 Å². The highest BCUT2D eigenvalue weighted by Crippen LogP contribution is 2.38. The third-order valence-electron chi connectivity index (χ3n) is 5.04. The van der Waals surface area contributed by atoms with Crippen molar-refractivity contribution in [2.45, 2.75) is 12.8 Å². The lowest BCUT2D eigenvalue weighted by molar-refractivity contribution is -0.384. The van der Waals surface area contributed by atoms with Crippen molar-refractivity contribution in [2.75, 3.05) is 4.90 Å². The third-order valence-corrected chi connectivity index (χ3v) is 5.04. The Morgan fingerprint density at radius 3 is 1.73 bits per heavy atom. The van der Waals surface area contributed by atoms with Gasteiger partial charge in [-0.3, -0.25) is 24.6 Å². The van der Waals surface area contributed by atoms with Gasteiger partial charge in [0.1, 0.15) is 0 Å². The molecule has 26 heavy (non-hydrogen) atoms. The fraction of sp³-hybridized carbons (Fsp3) is 0.200. The molecule has 0 spiro atoms. The first-order valence-electron chi connectivity index (χ1n) is 8.44. The lowest BCUT2D eigenvalue weighted by atomic mass is 9.85. The molecule has 1 aliphatic carbocycles. The van der Waals surface area contributed by atoms with Crippen LogP contribution in [-0.2, 0) is 9.59 Å². The van der Waals surface area contributed by atoms with E-state index in [9.17, 15) is 19.7 Å². The molecule has 2 aromatic rings. The molecule has 1 saturated heterocycles. The number of non-ortho nitro benzene ring substituents is 1. The van der Waals surface area contributed by atoms with Gasteiger partial charge in [-0.2, -0.15) is 0 Å². The Kier molecular flexibility index (Phi) is 3.88. The van der Waals surface area contributed by atoms with Gasteiger partial charge in [-0.1, -0.05) is 24.3 Å². The van der Waals surface area contributed by atoms with E-state index in [2.05, 4.69) is 0 Å². The molecule has 2 aromatic carbocycles. The number of carbonyl (C=O) groups is 2. The summed E-state index contributed by atoms with van der Waals surface area (Å²) < 4.78 is 0. The summed E-state index contributed by atoms with van der Waals surface area (Å²) in [4.78, 5) is 36.8. The molecule has 1 aliphatic heterocycles. The van der Waals surface area contributed by atoms with E-state index in [1.165, 1.54) is 17.0 Å². The summed E-state index contributed by atoms with van der Waals surface area (Å²) in [6.45, 7) is 0. The maximum absolute atomic E-state index is 12.6. The van der Waals surface area contributed by atoms with Gasteiger partial charge in [0, 0.05) is 12.1 Å². The van der Waals surface area contributed by atoms with Crippen LogP contribution in [0.3, 0.4) is 0 Å². The number of nitro benzene ring substituents is 1. The Morgan fingerprint density at radius 1 is 0.808 bits per heavy atom. The monoisotopic (exact) mass is 348 g/mol. The van der Waals surface area contributed by atoms with Gasteiger partial charge in [0.05, 0.1) is 22.4 Å². The number of carbonyl (C=O) groups excluding carboxylic acids is 2. The second kappa shape index (κ2) is 6.22. The molecule has 2 aliphatic rings. The van der Waals surface area contributed by atoms with E-state index in [1.54, 1.807) is 24.3 Å². The van der Waals surface area contributed by atoms with Crippen LogP contribution in [0.5, 0.6) is 0 Å². The molecule has 1 heterocycles. The molecule has 1 fully saturated rings. The van der Waals surface area contributed by atoms with Crippen LogP contribution in [0.25, 0.3) is 11.1 Å². The maximum Gasteiger partial charge on any atom is 0.269 e. The van der Waals surface area contributed by atoms with Crippen LogP contribution >= 0.6 is 0 Å². The molecule has 130 valence electrons. The van der Waals surface area contributed by atoms with Crippen LogP contribution in [0, 0.1) is 22.0 Å². The van der Waals surface area contributed by atoms with Gasteiger partial charge in [0.15, 0.2) is 0 Å². The Hall–Kier alpha value is -3.28. The van der Waals surface area contributed by atoms with Gasteiger partial charge >= 0.3 is 0 Å². The lowest BCUT2D eigenvalue weighted by Gasteiger charge is -2.15. The minimum absolute atomic E-state index is 0.0369. The zero-order valence-electron chi connectivity index (χ0n) is 13.9. The van der Waals surface area contributed by atoms with E-state index in [1.807, 2.05) is 24.3 Å². The van der Waals surface area contributed by atoms with Gasteiger partial charge in [0.25, 0.3) is 5.69 Å². The minimum Gasteiger partial charge on any atom is -0.274 e. The normalized spacial score (nSPS) is 21.8. The smallest absolute Gasteiger partial charge is 0.269 e. The number of fused-ring (bicyclic) bond motifs is 1. The number of hydrogen-bond acceptors (Lipinski definition) is 4. The first-order valence-corrected chi connectivity index (χ1v) is 8.44. The quantitative estimate of drug-likeness (QED) is 0.366. The predicted octanol–water partition coefficient (Wildman–Crippen LogP) is 3.72. The van der Waals surface area contributed by atoms with E-state index in [-0.39, 0.29) is 29.3 Å². The highest BCUT2D eigenvalue weighted by atomic mass is 16.6. The fourth-order valence-electron chi connectivity index (χ4n) is 3.63. The second-order valence-corrected chi connectivity index (χ2v) is 6.52. The molecular weight excluding hydrogens is 332 g/mol. The second-order valence-electron chi connectivity index (χ2n) is 6.52. The molecule has 2 atom stereocenters. The summed E-state index contributed by atoms with van der Waals surface area (Å²) >= 11 is 0. The van der Waals surface area contributed by atoms with Crippen LogP contribution < -0.4 is 4.90 Å². The zero-order chi connectivity index (χ0) is 18.3. The predicted molar refractivity (Wildman–Crippen MR) is 96.4 cm³/mol. The summed E-state index contributed by atoms with van der Waals surface area (Å²) in [5.41, 5.74) is 2.30. The van der Waals surface area contributed by atoms with Crippen molar-refractivity contribution in [1.29, 1.82) is 0 Å². The summed E-state index contributed by atoms with van der Waals surface area (Å²) in [7, 11) is 0. The Balaban J connectivity index is 1.59. The molecule has 0 saturated carbocycles. The number of nitrogens with zero attached hydrogens (tertiary/aromatic N) is 2. The summed E-state index contributed by atoms with van der Waals surface area (Å²) in [5.74, 6) is -0.761. The first-order chi connectivity index (χ1) is 12.6. The Labute approximate surface area is 149 Å². The molecule has 6 nitrogen and oxygen atoms in total. The van der Waals surface area contributed by atoms with Crippen LogP contribution in [0.15, 0.2) is 60.7 Å². The molecule has 0 unspecified atom stereocenters. The number of rotatable bonds is 3. The van der Waals surface area contributed by atoms with Crippen LogP contribution in [0.1, 0.15) is 12.8 Å². The molecule has 4 rings (SSSR count). The van der Waals surface area contributed by atoms with Gasteiger partial charge < -0.3 is 0 Å². The molecule has 2 amide bonds. The minimum atomic E-state index is -0.439. The van der Waals surface area contributed by atoms with E-state index >= 15 is 0 Å². The largest absolute Gasteiger partial charge is 0.274 e. The molecular formula is C20H16N2O4. The van der Waals surface area contributed by atoms with Gasteiger partial charge in [-0.25, -0.2) is 0 Å². The number of nitro groups is 1. The topological polar surface area (TPSA) is 80.5 Å².